The highest BCUT2D eigenvalue weighted by atomic mass is 16.6. The van der Waals surface area contributed by atoms with Gasteiger partial charge in [-0.3, -0.25) is 30.0 Å². The minimum atomic E-state index is -1.29. The van der Waals surface area contributed by atoms with Crippen molar-refractivity contribution in [3.05, 3.63) is 156 Å². The van der Waals surface area contributed by atoms with E-state index in [1.54, 1.807) is 93.6 Å². The number of benzene rings is 5. The molecule has 3 atom stereocenters. The summed E-state index contributed by atoms with van der Waals surface area (Å²) in [4.78, 5) is 84.1. The first-order chi connectivity index (χ1) is 31.2. The average molecular weight is 886 g/mol. The maximum Gasteiger partial charge on any atom is 0.414 e. The summed E-state index contributed by atoms with van der Waals surface area (Å²) in [5, 5.41) is 14.9. The van der Waals surface area contributed by atoms with Crippen LogP contribution in [0.4, 0.5) is 14.4 Å². The zero-order chi connectivity index (χ0) is 46.6. The molecule has 340 valence electrons. The van der Waals surface area contributed by atoms with Crippen LogP contribution in [0, 0.1) is 0 Å². The number of guanidine groups is 1. The van der Waals surface area contributed by atoms with E-state index in [2.05, 4.69) is 31.6 Å². The van der Waals surface area contributed by atoms with Gasteiger partial charge in [0, 0.05) is 19.4 Å². The first-order valence-corrected chi connectivity index (χ1v) is 21.1. The summed E-state index contributed by atoms with van der Waals surface area (Å²) in [7, 11) is 0. The molecule has 0 heterocycles. The fourth-order valence-corrected chi connectivity index (χ4v) is 6.45. The Bertz CT molecular complexity index is 2350. The molecule has 0 aliphatic heterocycles. The number of ether oxygens (including phenoxy) is 3. The van der Waals surface area contributed by atoms with Crippen molar-refractivity contribution in [3.8, 4) is 0 Å². The minimum Gasteiger partial charge on any atom is -0.444 e. The summed E-state index contributed by atoms with van der Waals surface area (Å²) in [5.74, 6) is -2.53. The monoisotopic (exact) mass is 885 g/mol. The Morgan fingerprint density at radius 1 is 0.554 bits per heavy atom. The molecule has 0 radical (unpaired) electrons. The van der Waals surface area contributed by atoms with Crippen LogP contribution in [-0.2, 0) is 54.6 Å². The largest absolute Gasteiger partial charge is 0.444 e. The van der Waals surface area contributed by atoms with Crippen molar-refractivity contribution in [1.29, 1.82) is 0 Å². The minimum absolute atomic E-state index is 0.0534. The van der Waals surface area contributed by atoms with Gasteiger partial charge in [0.25, 0.3) is 0 Å². The fraction of sp³-hybridized carbons (Fsp3) is 0.286. The number of aliphatic imine (C=N–C) groups is 1. The van der Waals surface area contributed by atoms with E-state index in [0.29, 0.717) is 0 Å². The Kier molecular flexibility index (Phi) is 18.0. The number of nitrogens with two attached hydrogens (primary N) is 1. The van der Waals surface area contributed by atoms with Crippen LogP contribution in [0.1, 0.15) is 55.9 Å². The molecule has 0 saturated heterocycles. The molecule has 6 amide bonds. The Morgan fingerprint density at radius 2 is 1.05 bits per heavy atom. The van der Waals surface area contributed by atoms with Crippen LogP contribution in [0.2, 0.25) is 0 Å². The second-order valence-corrected chi connectivity index (χ2v) is 16.0. The van der Waals surface area contributed by atoms with Crippen LogP contribution >= 0.6 is 0 Å². The first-order valence-electron chi connectivity index (χ1n) is 21.1. The molecule has 0 aliphatic carbocycles. The third kappa shape index (κ3) is 17.1. The molecule has 0 spiro atoms. The number of primary amides is 1. The molecule has 16 nitrogen and oxygen atoms in total. The number of fused-ring (bicyclic) bond motifs is 1. The lowest BCUT2D eigenvalue weighted by Crippen LogP contribution is -2.57. The number of hydrogen-bond acceptors (Lipinski definition) is 10. The van der Waals surface area contributed by atoms with Crippen molar-refractivity contribution in [1.82, 2.24) is 26.6 Å². The van der Waals surface area contributed by atoms with Crippen molar-refractivity contribution in [2.45, 2.75) is 83.4 Å². The Balaban J connectivity index is 1.34. The Labute approximate surface area is 377 Å². The number of alkyl carbamates (subject to hydrolysis) is 3. The SMILES string of the molecule is CC(C)(C)OC(=O)N[C@H](Cc1ccccc1)C(=O)N[C@@H](CCCN=C(NC(=O)OCc1ccccc1)NC(=O)OCc1ccccc1)C(=O)N[C@@H](Cc1ccc2ccccc2c1)C(N)=O. The topological polar surface area (TPSA) is 229 Å². The molecule has 16 heteroatoms. The van der Waals surface area contributed by atoms with Gasteiger partial charge >= 0.3 is 18.3 Å². The Hall–Kier alpha value is -7.75. The number of amides is 6. The number of carbonyl (C=O) groups excluding carboxylic acids is 6. The maximum atomic E-state index is 14.2. The molecule has 0 bridgehead atoms. The number of hydrogen-bond donors (Lipinski definition) is 6. The first kappa shape index (κ1) is 48.3. The van der Waals surface area contributed by atoms with Gasteiger partial charge in [-0.1, -0.05) is 133 Å². The average Bonchev–Trinajstić information content (AvgIpc) is 3.28. The van der Waals surface area contributed by atoms with E-state index in [1.807, 2.05) is 60.7 Å². The third-order valence-corrected chi connectivity index (χ3v) is 9.62. The quantitative estimate of drug-likeness (QED) is 0.0264. The van der Waals surface area contributed by atoms with Crippen molar-refractivity contribution in [3.63, 3.8) is 0 Å². The van der Waals surface area contributed by atoms with Gasteiger partial charge in [-0.25, -0.2) is 14.4 Å². The zero-order valence-corrected chi connectivity index (χ0v) is 36.6. The number of carbonyl (C=O) groups is 6. The lowest BCUT2D eigenvalue weighted by atomic mass is 10.0. The molecule has 0 unspecified atom stereocenters. The number of rotatable bonds is 18. The highest BCUT2D eigenvalue weighted by Crippen LogP contribution is 2.17. The van der Waals surface area contributed by atoms with Gasteiger partial charge in [0.15, 0.2) is 0 Å². The van der Waals surface area contributed by atoms with Gasteiger partial charge in [-0.15, -0.1) is 0 Å². The molecular formula is C49H55N7O9. The molecule has 5 aromatic rings. The maximum absolute atomic E-state index is 14.2. The van der Waals surface area contributed by atoms with Crippen LogP contribution in [0.25, 0.3) is 10.8 Å². The van der Waals surface area contributed by atoms with Gasteiger partial charge < -0.3 is 35.9 Å². The predicted octanol–water partition coefficient (Wildman–Crippen LogP) is 5.96. The van der Waals surface area contributed by atoms with E-state index in [-0.39, 0.29) is 51.4 Å². The van der Waals surface area contributed by atoms with E-state index in [4.69, 9.17) is 19.9 Å². The lowest BCUT2D eigenvalue weighted by molar-refractivity contribution is -0.132. The highest BCUT2D eigenvalue weighted by Gasteiger charge is 2.30. The summed E-state index contributed by atoms with van der Waals surface area (Å²) in [6.45, 7) is 4.85. The van der Waals surface area contributed by atoms with Crippen LogP contribution < -0.4 is 32.3 Å². The lowest BCUT2D eigenvalue weighted by Gasteiger charge is -2.26. The van der Waals surface area contributed by atoms with Gasteiger partial charge in [0.1, 0.15) is 36.9 Å². The van der Waals surface area contributed by atoms with Crippen molar-refractivity contribution in [2.24, 2.45) is 10.7 Å². The van der Waals surface area contributed by atoms with E-state index in [0.717, 1.165) is 33.0 Å². The van der Waals surface area contributed by atoms with Crippen molar-refractivity contribution >= 4 is 52.7 Å². The summed E-state index contributed by atoms with van der Waals surface area (Å²) >= 11 is 0. The van der Waals surface area contributed by atoms with Crippen LogP contribution in [-0.4, -0.2) is 72.2 Å². The van der Waals surface area contributed by atoms with Crippen LogP contribution in [0.5, 0.6) is 0 Å². The zero-order valence-electron chi connectivity index (χ0n) is 36.6. The molecule has 0 aliphatic rings. The van der Waals surface area contributed by atoms with Crippen molar-refractivity contribution in [2.75, 3.05) is 6.54 Å². The fourth-order valence-electron chi connectivity index (χ4n) is 6.45. The summed E-state index contributed by atoms with van der Waals surface area (Å²) in [5.41, 5.74) is 7.87. The smallest absolute Gasteiger partial charge is 0.414 e. The van der Waals surface area contributed by atoms with E-state index in [1.165, 1.54) is 0 Å². The van der Waals surface area contributed by atoms with Gasteiger partial charge in [-0.05, 0) is 66.6 Å². The second-order valence-electron chi connectivity index (χ2n) is 16.0. The standard InChI is InChI=1S/C49H55N7O9/c1-49(2,3)65-48(62)54-41(29-33-16-7-4-8-17-33)44(59)52-39(43(58)53-40(42(50)57)30-36-25-26-37-22-13-14-23-38(37)28-36)24-15-27-51-45(55-46(60)63-31-34-18-9-5-10-19-34)56-47(61)64-32-35-20-11-6-12-21-35/h4-14,16-23,25-26,28,39-41H,15,24,27,29-32H2,1-3H3,(H2,50,57)(H,52,59)(H,53,58)(H,54,62)(H2,51,55,56,60,61)/t39-,40-,41+/m0/s1. The van der Waals surface area contributed by atoms with E-state index >= 15 is 0 Å². The Morgan fingerprint density at radius 3 is 1.60 bits per heavy atom. The number of nitrogens with zero attached hydrogens (tertiary/aromatic N) is 1. The summed E-state index contributed by atoms with van der Waals surface area (Å²) < 4.78 is 16.1. The molecular weight excluding hydrogens is 831 g/mol. The predicted molar refractivity (Wildman–Crippen MR) is 245 cm³/mol. The summed E-state index contributed by atoms with van der Waals surface area (Å²) in [6.07, 6.45) is -2.51. The third-order valence-electron chi connectivity index (χ3n) is 9.62. The molecule has 0 saturated carbocycles. The number of nitrogens with one attached hydrogen (secondary N) is 5. The van der Waals surface area contributed by atoms with Gasteiger partial charge in [0.05, 0.1) is 0 Å². The second kappa shape index (κ2) is 24.2. The van der Waals surface area contributed by atoms with E-state index < -0.39 is 59.7 Å². The molecule has 65 heavy (non-hydrogen) atoms. The van der Waals surface area contributed by atoms with Gasteiger partial charge in [-0.2, -0.15) is 0 Å². The van der Waals surface area contributed by atoms with Crippen LogP contribution in [0.15, 0.2) is 138 Å². The molecule has 0 fully saturated rings. The highest BCUT2D eigenvalue weighted by molar-refractivity contribution is 6.01. The molecule has 5 aromatic carbocycles. The van der Waals surface area contributed by atoms with Crippen molar-refractivity contribution < 1.29 is 43.0 Å². The normalized spacial score (nSPS) is 12.3. The molecule has 5 rings (SSSR count). The molecule has 0 aromatic heterocycles. The summed E-state index contributed by atoms with van der Waals surface area (Å²) in [6, 6.07) is 36.6. The molecule has 7 N–H and O–H groups in total. The van der Waals surface area contributed by atoms with Crippen LogP contribution in [0.3, 0.4) is 0 Å². The van der Waals surface area contributed by atoms with Gasteiger partial charge in [0.2, 0.25) is 23.7 Å². The van der Waals surface area contributed by atoms with E-state index in [9.17, 15) is 28.8 Å².